The molecule has 0 aliphatic carbocycles. The summed E-state index contributed by atoms with van der Waals surface area (Å²) in [5.41, 5.74) is 2.53. The molecule has 176 valence electrons. The van der Waals surface area contributed by atoms with Crippen molar-refractivity contribution in [3.63, 3.8) is 0 Å². The molecule has 5 nitrogen and oxygen atoms in total. The van der Waals surface area contributed by atoms with Gasteiger partial charge in [0.25, 0.3) is 5.91 Å². The van der Waals surface area contributed by atoms with Crippen LogP contribution in [0.3, 0.4) is 0 Å². The Morgan fingerprint density at radius 1 is 1.09 bits per heavy atom. The van der Waals surface area contributed by atoms with E-state index in [1.165, 1.54) is 28.8 Å². The number of amides is 1. The molecule has 1 N–H and O–H groups in total. The maximum atomic E-state index is 13.8. The molecule has 0 radical (unpaired) electrons. The van der Waals surface area contributed by atoms with Crippen molar-refractivity contribution >= 4 is 23.6 Å². The van der Waals surface area contributed by atoms with E-state index in [0.29, 0.717) is 41.2 Å². The number of carbonyl (C=O) groups excluding carboxylic acids is 1. The highest BCUT2D eigenvalue weighted by Crippen LogP contribution is 2.33. The van der Waals surface area contributed by atoms with Crippen LogP contribution in [0.15, 0.2) is 65.6 Å². The van der Waals surface area contributed by atoms with Gasteiger partial charge in [-0.15, -0.1) is 11.8 Å². The van der Waals surface area contributed by atoms with Crippen LogP contribution in [0.1, 0.15) is 28.8 Å². The smallest absolute Gasteiger partial charge is 0.326 e. The highest BCUT2D eigenvalue weighted by Gasteiger charge is 2.34. The topological polar surface area (TPSA) is 66.8 Å². The lowest BCUT2D eigenvalue weighted by atomic mass is 10.1. The third-order valence-corrected chi connectivity index (χ3v) is 6.56. The van der Waals surface area contributed by atoms with E-state index in [2.05, 4.69) is 0 Å². The zero-order valence-electron chi connectivity index (χ0n) is 18.5. The van der Waals surface area contributed by atoms with Crippen LogP contribution in [0.2, 0.25) is 0 Å². The average Bonchev–Trinajstić information content (AvgIpc) is 3.35. The Morgan fingerprint density at radius 3 is 2.53 bits per heavy atom. The lowest BCUT2D eigenvalue weighted by Crippen LogP contribution is -2.40. The predicted octanol–water partition coefficient (Wildman–Crippen LogP) is 5.62. The third kappa shape index (κ3) is 5.07. The first-order valence-corrected chi connectivity index (χ1v) is 12.0. The molecule has 0 bridgehead atoms. The Balaban J connectivity index is 1.44. The number of likely N-dealkylation sites (tertiary alicyclic amines) is 1. The lowest BCUT2D eigenvalue weighted by Gasteiger charge is -2.21. The maximum Gasteiger partial charge on any atom is 0.326 e. The molecule has 1 atom stereocenters. The fourth-order valence-corrected chi connectivity index (χ4v) is 4.66. The van der Waals surface area contributed by atoms with Gasteiger partial charge in [0.15, 0.2) is 11.6 Å². The first kappa shape index (κ1) is 23.8. The van der Waals surface area contributed by atoms with E-state index < -0.39 is 23.6 Å². The largest absolute Gasteiger partial charge is 0.489 e. The minimum atomic E-state index is -0.984. The molecule has 0 saturated carbocycles. The Kier molecular flexibility index (Phi) is 7.17. The standard InChI is InChI=1S/C26H23F2NO4S/c1-34-24-14-22(28)21(27)13-20(24)17-7-9-19(10-8-17)33-15-16-4-2-5-18(12-16)25(30)29-11-3-6-23(29)26(31)32/h2,4-5,7-10,12-14,23H,3,6,11,15H2,1H3,(H,31,32)/t23-/m0/s1. The second kappa shape index (κ2) is 10.3. The lowest BCUT2D eigenvalue weighted by molar-refractivity contribution is -0.141. The van der Waals surface area contributed by atoms with E-state index in [1.807, 2.05) is 6.07 Å². The minimum Gasteiger partial charge on any atom is -0.489 e. The number of carbonyl (C=O) groups is 2. The van der Waals surface area contributed by atoms with Crippen molar-refractivity contribution < 1.29 is 28.2 Å². The van der Waals surface area contributed by atoms with Crippen molar-refractivity contribution in [3.05, 3.63) is 83.4 Å². The number of hydrogen-bond donors (Lipinski definition) is 1. The van der Waals surface area contributed by atoms with Crippen LogP contribution < -0.4 is 4.74 Å². The summed E-state index contributed by atoms with van der Waals surface area (Å²) in [4.78, 5) is 26.3. The first-order chi connectivity index (χ1) is 16.4. The number of ether oxygens (including phenoxy) is 1. The molecule has 1 fully saturated rings. The first-order valence-electron chi connectivity index (χ1n) is 10.8. The van der Waals surface area contributed by atoms with Gasteiger partial charge in [0.2, 0.25) is 0 Å². The molecule has 1 saturated heterocycles. The molecule has 0 aromatic heterocycles. The summed E-state index contributed by atoms with van der Waals surface area (Å²) in [6.45, 7) is 0.642. The number of nitrogens with zero attached hydrogens (tertiary/aromatic N) is 1. The summed E-state index contributed by atoms with van der Waals surface area (Å²) in [7, 11) is 0. The Labute approximate surface area is 200 Å². The Morgan fingerprint density at radius 2 is 1.82 bits per heavy atom. The molecule has 3 aromatic carbocycles. The number of thioether (sulfide) groups is 1. The van der Waals surface area contributed by atoms with Gasteiger partial charge in [-0.05, 0) is 72.2 Å². The highest BCUT2D eigenvalue weighted by atomic mass is 32.2. The summed E-state index contributed by atoms with van der Waals surface area (Å²) in [5.74, 6) is -2.48. The SMILES string of the molecule is CSc1cc(F)c(F)cc1-c1ccc(OCc2cccc(C(=O)N3CCC[C@H]3C(=O)O)c2)cc1. The summed E-state index contributed by atoms with van der Waals surface area (Å²) in [6, 6.07) is 15.6. The molecule has 1 heterocycles. The Bertz CT molecular complexity index is 1220. The van der Waals surface area contributed by atoms with E-state index in [-0.39, 0.29) is 12.5 Å². The van der Waals surface area contributed by atoms with Gasteiger partial charge in [0.1, 0.15) is 18.4 Å². The molecule has 0 spiro atoms. The van der Waals surface area contributed by atoms with Gasteiger partial charge in [-0.25, -0.2) is 13.6 Å². The van der Waals surface area contributed by atoms with Crippen LogP contribution in [-0.4, -0.2) is 40.7 Å². The minimum absolute atomic E-state index is 0.212. The van der Waals surface area contributed by atoms with Crippen LogP contribution in [0.25, 0.3) is 11.1 Å². The van der Waals surface area contributed by atoms with Gasteiger partial charge in [-0.1, -0.05) is 24.3 Å². The summed E-state index contributed by atoms with van der Waals surface area (Å²) >= 11 is 1.34. The molecule has 3 aromatic rings. The molecule has 1 aliphatic rings. The van der Waals surface area contributed by atoms with Crippen molar-refractivity contribution in [1.82, 2.24) is 4.90 Å². The number of benzene rings is 3. The van der Waals surface area contributed by atoms with Gasteiger partial charge < -0.3 is 14.7 Å². The van der Waals surface area contributed by atoms with Crippen molar-refractivity contribution in [2.24, 2.45) is 0 Å². The van der Waals surface area contributed by atoms with E-state index in [9.17, 15) is 23.5 Å². The monoisotopic (exact) mass is 483 g/mol. The summed E-state index contributed by atoms with van der Waals surface area (Å²) < 4.78 is 33.1. The van der Waals surface area contributed by atoms with Crippen molar-refractivity contribution in [1.29, 1.82) is 0 Å². The highest BCUT2D eigenvalue weighted by molar-refractivity contribution is 7.98. The van der Waals surface area contributed by atoms with Crippen LogP contribution in [-0.2, 0) is 11.4 Å². The number of hydrogen-bond acceptors (Lipinski definition) is 4. The average molecular weight is 484 g/mol. The van der Waals surface area contributed by atoms with Gasteiger partial charge in [-0.3, -0.25) is 4.79 Å². The van der Waals surface area contributed by atoms with Gasteiger partial charge in [-0.2, -0.15) is 0 Å². The van der Waals surface area contributed by atoms with Crippen molar-refractivity contribution in [3.8, 4) is 16.9 Å². The molecule has 0 unspecified atom stereocenters. The van der Waals surface area contributed by atoms with E-state index in [4.69, 9.17) is 4.74 Å². The van der Waals surface area contributed by atoms with Gasteiger partial charge in [0.05, 0.1) is 0 Å². The number of rotatable bonds is 7. The van der Waals surface area contributed by atoms with E-state index in [0.717, 1.165) is 11.1 Å². The zero-order chi connectivity index (χ0) is 24.2. The van der Waals surface area contributed by atoms with Crippen molar-refractivity contribution in [2.75, 3.05) is 12.8 Å². The summed E-state index contributed by atoms with van der Waals surface area (Å²) in [6.07, 6.45) is 2.94. The fraction of sp³-hybridized carbons (Fsp3) is 0.231. The Hall–Kier alpha value is -3.39. The molecule has 4 rings (SSSR count). The quantitative estimate of drug-likeness (QED) is 0.442. The second-order valence-electron chi connectivity index (χ2n) is 7.97. The number of carboxylic acids is 1. The summed E-state index contributed by atoms with van der Waals surface area (Å²) in [5, 5.41) is 9.34. The maximum absolute atomic E-state index is 13.8. The molecular formula is C26H23F2NO4S. The van der Waals surface area contributed by atoms with Crippen LogP contribution in [0.4, 0.5) is 8.78 Å². The molecule has 8 heteroatoms. The van der Waals surface area contributed by atoms with E-state index in [1.54, 1.807) is 48.7 Å². The number of carboxylic acid groups (broad SMARTS) is 1. The molecule has 34 heavy (non-hydrogen) atoms. The second-order valence-corrected chi connectivity index (χ2v) is 8.82. The third-order valence-electron chi connectivity index (χ3n) is 5.79. The number of halogens is 2. The van der Waals surface area contributed by atoms with Crippen LogP contribution in [0.5, 0.6) is 5.75 Å². The molecule has 1 aliphatic heterocycles. The molecule has 1 amide bonds. The van der Waals surface area contributed by atoms with Gasteiger partial charge in [0, 0.05) is 17.0 Å². The van der Waals surface area contributed by atoms with E-state index >= 15 is 0 Å². The number of aliphatic carboxylic acids is 1. The normalized spacial score (nSPS) is 15.4. The fourth-order valence-electron chi connectivity index (χ4n) is 4.05. The zero-order valence-corrected chi connectivity index (χ0v) is 19.3. The van der Waals surface area contributed by atoms with Crippen LogP contribution in [0, 0.1) is 11.6 Å². The predicted molar refractivity (Wildman–Crippen MR) is 126 cm³/mol. The molecular weight excluding hydrogens is 460 g/mol. The van der Waals surface area contributed by atoms with Crippen LogP contribution >= 0.6 is 11.8 Å². The van der Waals surface area contributed by atoms with Gasteiger partial charge >= 0.3 is 5.97 Å². The van der Waals surface area contributed by atoms with Crippen molar-refractivity contribution in [2.45, 2.75) is 30.4 Å².